The average molecular weight is 310 g/mol. The van der Waals surface area contributed by atoms with Gasteiger partial charge >= 0.3 is 0 Å². The van der Waals surface area contributed by atoms with Crippen LogP contribution in [0.1, 0.15) is 41.7 Å². The summed E-state index contributed by atoms with van der Waals surface area (Å²) in [5, 5.41) is 2.91. The second kappa shape index (κ2) is 7.72. The van der Waals surface area contributed by atoms with Crippen molar-refractivity contribution in [3.63, 3.8) is 0 Å². The van der Waals surface area contributed by atoms with Gasteiger partial charge in [0.1, 0.15) is 11.5 Å². The number of carbonyl (C=O) groups excluding carboxylic acids is 1. The summed E-state index contributed by atoms with van der Waals surface area (Å²) in [4.78, 5) is 23.1. The predicted molar refractivity (Wildman–Crippen MR) is 90.3 cm³/mol. The lowest BCUT2D eigenvalue weighted by atomic mass is 10.2. The summed E-state index contributed by atoms with van der Waals surface area (Å²) in [5.74, 6) is 0.766. The third-order valence-electron chi connectivity index (χ3n) is 4.10. The molecule has 1 aliphatic heterocycles. The minimum Gasteiger partial charge on any atom is -0.357 e. The quantitative estimate of drug-likeness (QED) is 0.943. The second-order valence-electron chi connectivity index (χ2n) is 5.82. The van der Waals surface area contributed by atoms with Crippen LogP contribution in [0, 0.1) is 0 Å². The zero-order valence-electron chi connectivity index (χ0n) is 13.2. The largest absolute Gasteiger partial charge is 0.357 e. The summed E-state index contributed by atoms with van der Waals surface area (Å²) in [5.41, 5.74) is 1.50. The average Bonchev–Trinajstić information content (AvgIpc) is 2.90. The molecule has 2 aromatic rings. The summed E-state index contributed by atoms with van der Waals surface area (Å²) < 4.78 is 0. The normalized spacial score (nSPS) is 15.0. The lowest BCUT2D eigenvalue weighted by Gasteiger charge is -2.21. The highest BCUT2D eigenvalue weighted by atomic mass is 16.1. The molecule has 2 aromatic heterocycles. The number of carbonyl (C=O) groups is 1. The first-order valence-electron chi connectivity index (χ1n) is 8.22. The summed E-state index contributed by atoms with van der Waals surface area (Å²) in [7, 11) is 0. The molecule has 1 saturated heterocycles. The van der Waals surface area contributed by atoms with Crippen LogP contribution in [0.4, 0.5) is 5.82 Å². The Morgan fingerprint density at radius 2 is 1.78 bits per heavy atom. The van der Waals surface area contributed by atoms with E-state index in [1.807, 2.05) is 24.3 Å². The molecule has 1 aliphatic rings. The van der Waals surface area contributed by atoms with E-state index in [0.29, 0.717) is 12.2 Å². The zero-order chi connectivity index (χ0) is 15.9. The highest BCUT2D eigenvalue weighted by Gasteiger charge is 2.13. The Balaban J connectivity index is 1.65. The molecule has 3 rings (SSSR count). The van der Waals surface area contributed by atoms with Crippen LogP contribution in [0.25, 0.3) is 0 Å². The molecule has 0 aliphatic carbocycles. The van der Waals surface area contributed by atoms with Crippen molar-refractivity contribution in [2.75, 3.05) is 18.0 Å². The van der Waals surface area contributed by atoms with Gasteiger partial charge in [0.25, 0.3) is 5.91 Å². The molecule has 0 unspecified atom stereocenters. The molecule has 23 heavy (non-hydrogen) atoms. The van der Waals surface area contributed by atoms with E-state index in [2.05, 4.69) is 20.2 Å². The number of nitrogens with one attached hydrogen (secondary N) is 1. The summed E-state index contributed by atoms with van der Waals surface area (Å²) in [6, 6.07) is 9.45. The van der Waals surface area contributed by atoms with E-state index in [0.717, 1.165) is 24.5 Å². The third kappa shape index (κ3) is 4.28. The maximum absolute atomic E-state index is 12.3. The SMILES string of the molecule is O=C(NCc1ccncc1)c1cccc(N2CCCCCC2)n1. The lowest BCUT2D eigenvalue weighted by Crippen LogP contribution is -2.27. The van der Waals surface area contributed by atoms with Crippen LogP contribution in [-0.2, 0) is 6.54 Å². The Labute approximate surface area is 136 Å². The molecule has 0 spiro atoms. The van der Waals surface area contributed by atoms with E-state index in [9.17, 15) is 4.79 Å². The monoisotopic (exact) mass is 310 g/mol. The fraction of sp³-hybridized carbons (Fsp3) is 0.389. The number of rotatable bonds is 4. The number of amides is 1. The van der Waals surface area contributed by atoms with Gasteiger partial charge in [-0.05, 0) is 42.7 Å². The van der Waals surface area contributed by atoms with E-state index in [4.69, 9.17) is 0 Å². The fourth-order valence-corrected chi connectivity index (χ4v) is 2.80. The van der Waals surface area contributed by atoms with Crippen molar-refractivity contribution in [1.82, 2.24) is 15.3 Å². The number of aromatic nitrogens is 2. The highest BCUT2D eigenvalue weighted by Crippen LogP contribution is 2.17. The maximum Gasteiger partial charge on any atom is 0.270 e. The molecule has 0 saturated carbocycles. The van der Waals surface area contributed by atoms with Crippen LogP contribution in [0.5, 0.6) is 0 Å². The summed E-state index contributed by atoms with van der Waals surface area (Å²) in [6.07, 6.45) is 8.39. The molecular formula is C18H22N4O. The first-order valence-corrected chi connectivity index (χ1v) is 8.22. The zero-order valence-corrected chi connectivity index (χ0v) is 13.2. The minimum absolute atomic E-state index is 0.140. The molecular weight excluding hydrogens is 288 g/mol. The molecule has 120 valence electrons. The molecule has 5 nitrogen and oxygen atoms in total. The molecule has 3 heterocycles. The molecule has 1 fully saturated rings. The summed E-state index contributed by atoms with van der Waals surface area (Å²) >= 11 is 0. The minimum atomic E-state index is -0.140. The van der Waals surface area contributed by atoms with Gasteiger partial charge in [-0.2, -0.15) is 0 Å². The molecule has 0 atom stereocenters. The molecule has 1 N–H and O–H groups in total. The molecule has 5 heteroatoms. The molecule has 1 amide bonds. The van der Waals surface area contributed by atoms with Crippen molar-refractivity contribution < 1.29 is 4.79 Å². The van der Waals surface area contributed by atoms with Crippen LogP contribution in [0.3, 0.4) is 0 Å². The first-order chi connectivity index (χ1) is 11.3. The van der Waals surface area contributed by atoms with Gasteiger partial charge in [0.05, 0.1) is 0 Å². The van der Waals surface area contributed by atoms with Gasteiger partial charge in [-0.15, -0.1) is 0 Å². The van der Waals surface area contributed by atoms with E-state index in [1.54, 1.807) is 18.5 Å². The molecule has 0 aromatic carbocycles. The first kappa shape index (κ1) is 15.5. The Kier molecular flexibility index (Phi) is 5.19. The van der Waals surface area contributed by atoms with Gasteiger partial charge in [0.15, 0.2) is 0 Å². The predicted octanol–water partition coefficient (Wildman–Crippen LogP) is 2.79. The van der Waals surface area contributed by atoms with Gasteiger partial charge in [-0.1, -0.05) is 18.9 Å². The van der Waals surface area contributed by atoms with Gasteiger partial charge in [0.2, 0.25) is 0 Å². The van der Waals surface area contributed by atoms with Crippen molar-refractivity contribution >= 4 is 11.7 Å². The van der Waals surface area contributed by atoms with E-state index in [1.165, 1.54) is 25.7 Å². The second-order valence-corrected chi connectivity index (χ2v) is 5.82. The number of hydrogen-bond donors (Lipinski definition) is 1. The number of nitrogens with zero attached hydrogens (tertiary/aromatic N) is 3. The van der Waals surface area contributed by atoms with Crippen LogP contribution < -0.4 is 10.2 Å². The summed E-state index contributed by atoms with van der Waals surface area (Å²) in [6.45, 7) is 2.53. The van der Waals surface area contributed by atoms with Gasteiger partial charge in [0, 0.05) is 32.0 Å². The Morgan fingerprint density at radius 1 is 1.04 bits per heavy atom. The van der Waals surface area contributed by atoms with E-state index < -0.39 is 0 Å². The molecule has 0 bridgehead atoms. The third-order valence-corrected chi connectivity index (χ3v) is 4.10. The lowest BCUT2D eigenvalue weighted by molar-refractivity contribution is 0.0946. The van der Waals surface area contributed by atoms with Crippen molar-refractivity contribution in [2.24, 2.45) is 0 Å². The van der Waals surface area contributed by atoms with Gasteiger partial charge < -0.3 is 10.2 Å². The van der Waals surface area contributed by atoms with E-state index in [-0.39, 0.29) is 5.91 Å². The standard InChI is InChI=1S/C18H22N4O/c23-18(20-14-15-8-10-19-11-9-15)16-6-5-7-17(21-16)22-12-3-1-2-4-13-22/h5-11H,1-4,12-14H2,(H,20,23). The van der Waals surface area contributed by atoms with Crippen molar-refractivity contribution in [3.8, 4) is 0 Å². The van der Waals surface area contributed by atoms with Gasteiger partial charge in [-0.25, -0.2) is 4.98 Å². The molecule has 0 radical (unpaired) electrons. The van der Waals surface area contributed by atoms with Crippen molar-refractivity contribution in [1.29, 1.82) is 0 Å². The van der Waals surface area contributed by atoms with Crippen molar-refractivity contribution in [3.05, 3.63) is 54.0 Å². The van der Waals surface area contributed by atoms with Crippen LogP contribution in [-0.4, -0.2) is 29.0 Å². The Morgan fingerprint density at radius 3 is 2.52 bits per heavy atom. The number of anilines is 1. The van der Waals surface area contributed by atoms with Crippen LogP contribution in [0.15, 0.2) is 42.7 Å². The van der Waals surface area contributed by atoms with Crippen LogP contribution >= 0.6 is 0 Å². The highest BCUT2D eigenvalue weighted by molar-refractivity contribution is 5.92. The number of hydrogen-bond acceptors (Lipinski definition) is 4. The van der Waals surface area contributed by atoms with Crippen molar-refractivity contribution in [2.45, 2.75) is 32.2 Å². The van der Waals surface area contributed by atoms with Gasteiger partial charge in [-0.3, -0.25) is 9.78 Å². The smallest absolute Gasteiger partial charge is 0.270 e. The Bertz CT molecular complexity index is 636. The fourth-order valence-electron chi connectivity index (χ4n) is 2.80. The number of pyridine rings is 2. The maximum atomic E-state index is 12.3. The topological polar surface area (TPSA) is 58.1 Å². The Hall–Kier alpha value is -2.43. The van der Waals surface area contributed by atoms with Crippen LogP contribution in [0.2, 0.25) is 0 Å². The van der Waals surface area contributed by atoms with E-state index >= 15 is 0 Å².